The Hall–Kier alpha value is -3.46. The number of para-hydroxylation sites is 1. The maximum absolute atomic E-state index is 4.98. The van der Waals surface area contributed by atoms with Gasteiger partial charge in [-0.3, -0.25) is 5.10 Å². The summed E-state index contributed by atoms with van der Waals surface area (Å²) in [4.78, 5) is 4.98. The van der Waals surface area contributed by atoms with Crippen LogP contribution in [0.5, 0.6) is 0 Å². The van der Waals surface area contributed by atoms with E-state index in [1.807, 2.05) is 29.6 Å². The van der Waals surface area contributed by atoms with Gasteiger partial charge in [-0.1, -0.05) is 30.3 Å². The molecule has 0 unspecified atom stereocenters. The summed E-state index contributed by atoms with van der Waals surface area (Å²) < 4.78 is 11.9. The van der Waals surface area contributed by atoms with Crippen molar-refractivity contribution in [2.45, 2.75) is 0 Å². The zero-order chi connectivity index (χ0) is 21.1. The van der Waals surface area contributed by atoms with Crippen LogP contribution in [0.1, 0.15) is 0 Å². The summed E-state index contributed by atoms with van der Waals surface area (Å²) in [5.74, 6) is 0. The topological polar surface area (TPSA) is 67.3 Å². The van der Waals surface area contributed by atoms with E-state index < -0.39 is 0 Å². The first-order chi connectivity index (χ1) is 15.9. The Morgan fingerprint density at radius 2 is 1.75 bits per heavy atom. The average Bonchev–Trinajstić information content (AvgIpc) is 3.62. The van der Waals surface area contributed by atoms with E-state index in [0.717, 1.165) is 64.3 Å². The van der Waals surface area contributed by atoms with E-state index >= 15 is 0 Å². The first kappa shape index (κ1) is 18.1. The number of fused-ring (bicyclic) bond motifs is 3. The van der Waals surface area contributed by atoms with E-state index in [1.54, 1.807) is 11.3 Å². The Balaban J connectivity index is 1.64. The van der Waals surface area contributed by atoms with Gasteiger partial charge in [0.05, 0.1) is 31.8 Å². The number of benzene rings is 3. The molecule has 4 aromatic heterocycles. The van der Waals surface area contributed by atoms with Crippen LogP contribution in [0.2, 0.25) is 0 Å². The molecule has 0 spiro atoms. The smallest absolute Gasteiger partial charge is 0.126 e. The normalized spacial score (nSPS) is 11.8. The number of hydrogen-bond donors (Lipinski definition) is 1. The lowest BCUT2D eigenvalue weighted by atomic mass is 9.92. The van der Waals surface area contributed by atoms with Crippen molar-refractivity contribution in [2.75, 3.05) is 0 Å². The summed E-state index contributed by atoms with van der Waals surface area (Å²) in [6.07, 6.45) is 3.16. The minimum Gasteiger partial charge on any atom is -0.277 e. The van der Waals surface area contributed by atoms with Gasteiger partial charge >= 0.3 is 0 Å². The SMILES string of the molecule is [c]1n[nH]c2cc(-c3nsc4ccccc34)c(-c3ccsn3)c(-c3nc4ccccc4s3)c12. The number of thiazole rings is 1. The molecular weight excluding hydrogens is 455 g/mol. The van der Waals surface area contributed by atoms with Gasteiger partial charge in [0.25, 0.3) is 0 Å². The number of nitrogens with one attached hydrogen (secondary N) is 1. The van der Waals surface area contributed by atoms with Crippen LogP contribution in [0.15, 0.2) is 66.0 Å². The van der Waals surface area contributed by atoms with Crippen molar-refractivity contribution in [3.05, 3.63) is 72.2 Å². The standard InChI is InChI=1S/C24H12N5S3/c1-3-7-19-13(5-1)23(29-32-19)14-11-18-15(12-25-27-18)22(21(14)17-9-10-30-28-17)24-26-16-6-2-4-8-20(16)31-24/h1-11H,(H,25,27). The molecule has 3 aromatic carbocycles. The Bertz CT molecular complexity index is 1710. The maximum atomic E-state index is 4.98. The third-order valence-electron chi connectivity index (χ3n) is 5.51. The molecule has 0 saturated heterocycles. The van der Waals surface area contributed by atoms with Gasteiger partial charge < -0.3 is 0 Å². The molecule has 5 nitrogen and oxygen atoms in total. The Labute approximate surface area is 194 Å². The Morgan fingerprint density at radius 3 is 2.62 bits per heavy atom. The number of nitrogens with zero attached hydrogens (tertiary/aromatic N) is 4. The zero-order valence-electron chi connectivity index (χ0n) is 16.4. The molecule has 0 atom stereocenters. The van der Waals surface area contributed by atoms with Crippen LogP contribution < -0.4 is 0 Å². The number of hydrogen-bond acceptors (Lipinski definition) is 7. The van der Waals surface area contributed by atoms with Crippen LogP contribution in [-0.4, -0.2) is 23.9 Å². The number of H-pyrrole nitrogens is 1. The van der Waals surface area contributed by atoms with Crippen molar-refractivity contribution < 1.29 is 0 Å². The average molecular weight is 467 g/mol. The highest BCUT2D eigenvalue weighted by atomic mass is 32.1. The molecule has 7 aromatic rings. The van der Waals surface area contributed by atoms with E-state index in [4.69, 9.17) is 13.7 Å². The third kappa shape index (κ3) is 2.67. The van der Waals surface area contributed by atoms with Crippen LogP contribution in [0.3, 0.4) is 0 Å². The van der Waals surface area contributed by atoms with Gasteiger partial charge in [0, 0.05) is 32.8 Å². The molecule has 7 rings (SSSR count). The summed E-state index contributed by atoms with van der Waals surface area (Å²) in [5, 5.41) is 12.3. The lowest BCUT2D eigenvalue weighted by Gasteiger charge is -2.12. The summed E-state index contributed by atoms with van der Waals surface area (Å²) in [7, 11) is 0. The summed E-state index contributed by atoms with van der Waals surface area (Å²) in [6.45, 7) is 0. The first-order valence-corrected chi connectivity index (χ1v) is 12.3. The van der Waals surface area contributed by atoms with Crippen molar-refractivity contribution in [3.63, 3.8) is 0 Å². The fourth-order valence-electron chi connectivity index (χ4n) is 4.10. The van der Waals surface area contributed by atoms with Crippen LogP contribution in [0.25, 0.3) is 64.3 Å². The fraction of sp³-hybridized carbons (Fsp3) is 0. The van der Waals surface area contributed by atoms with Gasteiger partial charge in [-0.25, -0.2) is 4.98 Å². The van der Waals surface area contributed by atoms with Crippen molar-refractivity contribution in [1.29, 1.82) is 0 Å². The molecule has 0 aliphatic rings. The van der Waals surface area contributed by atoms with Crippen molar-refractivity contribution in [2.24, 2.45) is 0 Å². The minimum atomic E-state index is 0.908. The highest BCUT2D eigenvalue weighted by Gasteiger charge is 2.24. The van der Waals surface area contributed by atoms with E-state index in [-0.39, 0.29) is 0 Å². The second-order valence-corrected chi connectivity index (χ2v) is 9.83. The van der Waals surface area contributed by atoms with Gasteiger partial charge in [0.2, 0.25) is 0 Å². The van der Waals surface area contributed by atoms with Gasteiger partial charge in [-0.2, -0.15) is 13.8 Å². The molecule has 0 bridgehead atoms. The van der Waals surface area contributed by atoms with Gasteiger partial charge in [-0.15, -0.1) is 11.3 Å². The van der Waals surface area contributed by atoms with Crippen molar-refractivity contribution >= 4 is 65.6 Å². The van der Waals surface area contributed by atoms with E-state index in [9.17, 15) is 0 Å². The van der Waals surface area contributed by atoms with Gasteiger partial charge in [0.15, 0.2) is 0 Å². The molecule has 1 N–H and O–H groups in total. The predicted molar refractivity (Wildman–Crippen MR) is 133 cm³/mol. The van der Waals surface area contributed by atoms with Crippen LogP contribution in [0.4, 0.5) is 0 Å². The molecular formula is C24H12N5S3. The maximum Gasteiger partial charge on any atom is 0.126 e. The lowest BCUT2D eigenvalue weighted by Crippen LogP contribution is -1.92. The molecule has 0 aliphatic heterocycles. The monoisotopic (exact) mass is 466 g/mol. The Morgan fingerprint density at radius 1 is 0.875 bits per heavy atom. The molecule has 1 radical (unpaired) electrons. The predicted octanol–water partition coefficient (Wildman–Crippen LogP) is 7.04. The van der Waals surface area contributed by atoms with Crippen LogP contribution >= 0.6 is 34.4 Å². The molecule has 32 heavy (non-hydrogen) atoms. The van der Waals surface area contributed by atoms with E-state index in [0.29, 0.717) is 0 Å². The van der Waals surface area contributed by atoms with Gasteiger partial charge in [-0.05, 0) is 53.4 Å². The molecule has 0 amide bonds. The summed E-state index contributed by atoms with van der Waals surface area (Å²) >= 11 is 4.63. The molecule has 0 aliphatic carbocycles. The Kier molecular flexibility index (Phi) is 3.98. The lowest BCUT2D eigenvalue weighted by molar-refractivity contribution is 1.11. The molecule has 151 valence electrons. The first-order valence-electron chi connectivity index (χ1n) is 9.91. The molecule has 0 fully saturated rings. The van der Waals surface area contributed by atoms with Crippen molar-refractivity contribution in [1.82, 2.24) is 23.9 Å². The second-order valence-electron chi connectivity index (χ2n) is 7.33. The minimum absolute atomic E-state index is 0.908. The third-order valence-corrected chi connectivity index (χ3v) is 7.95. The number of aromatic nitrogens is 5. The zero-order valence-corrected chi connectivity index (χ0v) is 18.8. The number of aromatic amines is 1. The quantitative estimate of drug-likeness (QED) is 0.303. The van der Waals surface area contributed by atoms with Crippen LogP contribution in [-0.2, 0) is 0 Å². The molecule has 8 heteroatoms. The number of rotatable bonds is 3. The summed E-state index contributed by atoms with van der Waals surface area (Å²) in [5.41, 5.74) is 6.79. The largest absolute Gasteiger partial charge is 0.277 e. The van der Waals surface area contributed by atoms with E-state index in [1.165, 1.54) is 23.1 Å². The van der Waals surface area contributed by atoms with E-state index in [2.05, 4.69) is 52.8 Å². The van der Waals surface area contributed by atoms with Gasteiger partial charge in [0.1, 0.15) is 11.2 Å². The molecule has 0 saturated carbocycles. The second kappa shape index (κ2) is 7.03. The van der Waals surface area contributed by atoms with Crippen molar-refractivity contribution in [3.8, 4) is 33.1 Å². The summed E-state index contributed by atoms with van der Waals surface area (Å²) in [6, 6.07) is 20.7. The highest BCUT2D eigenvalue weighted by molar-refractivity contribution is 7.21. The highest BCUT2D eigenvalue weighted by Crippen LogP contribution is 2.47. The molecule has 4 heterocycles. The van der Waals surface area contributed by atoms with Crippen LogP contribution in [0, 0.1) is 6.20 Å². The fourth-order valence-corrected chi connectivity index (χ4v) is 6.43.